The van der Waals surface area contributed by atoms with Crippen LogP contribution in [-0.2, 0) is 31.6 Å². The van der Waals surface area contributed by atoms with Crippen molar-refractivity contribution in [1.29, 1.82) is 0 Å². The summed E-state index contributed by atoms with van der Waals surface area (Å²) in [6.07, 6.45) is 0.923. The number of anilines is 1. The van der Waals surface area contributed by atoms with E-state index in [4.69, 9.17) is 11.6 Å². The van der Waals surface area contributed by atoms with Crippen LogP contribution in [0.25, 0.3) is 0 Å². The van der Waals surface area contributed by atoms with Crippen molar-refractivity contribution in [2.45, 2.75) is 43.5 Å². The van der Waals surface area contributed by atoms with E-state index in [9.17, 15) is 18.0 Å². The first-order valence-corrected chi connectivity index (χ1v) is 12.8. The third-order valence-electron chi connectivity index (χ3n) is 6.68. The summed E-state index contributed by atoms with van der Waals surface area (Å²) in [6.45, 7) is 4.58. The van der Waals surface area contributed by atoms with Crippen molar-refractivity contribution >= 4 is 39.1 Å². The van der Waals surface area contributed by atoms with Crippen LogP contribution in [0.15, 0.2) is 47.4 Å². The molecule has 1 saturated heterocycles. The Morgan fingerprint density at radius 2 is 1.76 bits per heavy atom. The Morgan fingerprint density at radius 3 is 2.39 bits per heavy atom. The van der Waals surface area contributed by atoms with Crippen molar-refractivity contribution in [2.24, 2.45) is 5.92 Å². The summed E-state index contributed by atoms with van der Waals surface area (Å²) in [5.74, 6) is -0.353. The monoisotopic (exact) mass is 489 g/mol. The molecular formula is C24H28ClN3O4S. The van der Waals surface area contributed by atoms with Crippen molar-refractivity contribution in [3.05, 3.63) is 58.6 Å². The molecule has 0 saturated carbocycles. The van der Waals surface area contributed by atoms with E-state index in [1.54, 1.807) is 42.3 Å². The van der Waals surface area contributed by atoms with Crippen molar-refractivity contribution in [1.82, 2.24) is 9.62 Å². The number of hydrogen-bond acceptors (Lipinski definition) is 4. The number of nitrogens with zero attached hydrogens (tertiary/aromatic N) is 2. The van der Waals surface area contributed by atoms with Gasteiger partial charge in [-0.15, -0.1) is 0 Å². The van der Waals surface area contributed by atoms with Crippen LogP contribution in [0.5, 0.6) is 0 Å². The fourth-order valence-corrected chi connectivity index (χ4v) is 6.18. The molecule has 1 fully saturated rings. The van der Waals surface area contributed by atoms with Crippen molar-refractivity contribution in [3.63, 3.8) is 0 Å². The van der Waals surface area contributed by atoms with Gasteiger partial charge in [0.15, 0.2) is 0 Å². The summed E-state index contributed by atoms with van der Waals surface area (Å²) in [7, 11) is -2.02. The van der Waals surface area contributed by atoms with E-state index in [0.717, 1.165) is 11.3 Å². The van der Waals surface area contributed by atoms with Gasteiger partial charge in [0, 0.05) is 43.3 Å². The highest BCUT2D eigenvalue weighted by molar-refractivity contribution is 7.89. The maximum absolute atomic E-state index is 13.3. The van der Waals surface area contributed by atoms with Crippen LogP contribution in [0, 0.1) is 5.92 Å². The Kier molecular flexibility index (Phi) is 6.28. The highest BCUT2D eigenvalue weighted by atomic mass is 35.5. The summed E-state index contributed by atoms with van der Waals surface area (Å²) >= 11 is 5.89. The van der Waals surface area contributed by atoms with Gasteiger partial charge in [-0.1, -0.05) is 23.7 Å². The number of nitrogens with one attached hydrogen (secondary N) is 1. The SMILES string of the molecule is CN1C(=O)C(C)(C)c2cc(S(=O)(=O)N3CCC(C(=O)NCc4ccc(Cl)cc4)CC3)ccc21. The van der Waals surface area contributed by atoms with Crippen molar-refractivity contribution in [3.8, 4) is 0 Å². The van der Waals surface area contributed by atoms with Gasteiger partial charge < -0.3 is 10.2 Å². The zero-order valence-electron chi connectivity index (χ0n) is 19.0. The number of fused-ring (bicyclic) bond motifs is 1. The van der Waals surface area contributed by atoms with E-state index in [1.165, 1.54) is 4.31 Å². The lowest BCUT2D eigenvalue weighted by atomic mass is 9.86. The number of carbonyl (C=O) groups excluding carboxylic acids is 2. The zero-order valence-corrected chi connectivity index (χ0v) is 20.5. The van der Waals surface area contributed by atoms with Crippen LogP contribution in [0.2, 0.25) is 5.02 Å². The summed E-state index contributed by atoms with van der Waals surface area (Å²) in [4.78, 5) is 26.9. The molecule has 2 aliphatic heterocycles. The van der Waals surface area contributed by atoms with Gasteiger partial charge in [-0.05, 0) is 68.1 Å². The Hall–Kier alpha value is -2.42. The number of amides is 2. The smallest absolute Gasteiger partial charge is 0.243 e. The second-order valence-corrected chi connectivity index (χ2v) is 11.6. The largest absolute Gasteiger partial charge is 0.352 e. The standard InChI is InChI=1S/C24H28ClN3O4S/c1-24(2)20-14-19(8-9-21(20)27(3)23(24)30)33(31,32)28-12-10-17(11-13-28)22(29)26-15-16-4-6-18(25)7-5-16/h4-9,14,17H,10-13,15H2,1-3H3,(H,26,29). The highest BCUT2D eigenvalue weighted by Gasteiger charge is 2.43. The lowest BCUT2D eigenvalue weighted by Gasteiger charge is -2.30. The molecule has 2 amide bonds. The Balaban J connectivity index is 1.40. The number of rotatable bonds is 5. The Labute approximate surface area is 199 Å². The molecule has 0 radical (unpaired) electrons. The van der Waals surface area contributed by atoms with E-state index in [-0.39, 0.29) is 35.7 Å². The Morgan fingerprint density at radius 1 is 1.12 bits per heavy atom. The molecule has 33 heavy (non-hydrogen) atoms. The van der Waals surface area contributed by atoms with Crippen LogP contribution in [0.3, 0.4) is 0 Å². The molecule has 0 spiro atoms. The third-order valence-corrected chi connectivity index (χ3v) is 8.83. The summed E-state index contributed by atoms with van der Waals surface area (Å²) in [6, 6.07) is 12.2. The number of likely N-dealkylation sites (N-methyl/N-ethyl adjacent to an activating group) is 1. The second kappa shape index (κ2) is 8.74. The molecule has 0 aromatic heterocycles. The van der Waals surface area contributed by atoms with E-state index in [0.29, 0.717) is 30.0 Å². The van der Waals surface area contributed by atoms with Gasteiger partial charge in [-0.3, -0.25) is 9.59 Å². The molecule has 1 N–H and O–H groups in total. The lowest BCUT2D eigenvalue weighted by molar-refractivity contribution is -0.126. The fraction of sp³-hybridized carbons (Fsp3) is 0.417. The first-order valence-electron chi connectivity index (χ1n) is 11.0. The average Bonchev–Trinajstić information content (AvgIpc) is 2.98. The predicted molar refractivity (Wildman–Crippen MR) is 128 cm³/mol. The van der Waals surface area contributed by atoms with Gasteiger partial charge >= 0.3 is 0 Å². The van der Waals surface area contributed by atoms with Crippen LogP contribution in [-0.4, -0.2) is 44.7 Å². The van der Waals surface area contributed by atoms with Gasteiger partial charge in [0.2, 0.25) is 21.8 Å². The molecule has 2 aliphatic rings. The number of carbonyl (C=O) groups is 2. The molecule has 7 nitrogen and oxygen atoms in total. The molecule has 9 heteroatoms. The number of piperidine rings is 1. The minimum atomic E-state index is -3.72. The van der Waals surface area contributed by atoms with Gasteiger partial charge in [0.1, 0.15) is 0 Å². The molecule has 0 bridgehead atoms. The third kappa shape index (κ3) is 4.39. The van der Waals surface area contributed by atoms with Gasteiger partial charge in [0.25, 0.3) is 0 Å². The predicted octanol–water partition coefficient (Wildman–Crippen LogP) is 3.31. The van der Waals surface area contributed by atoms with E-state index >= 15 is 0 Å². The number of benzene rings is 2. The molecule has 2 heterocycles. The van der Waals surface area contributed by atoms with E-state index < -0.39 is 15.4 Å². The van der Waals surface area contributed by atoms with Crippen molar-refractivity contribution in [2.75, 3.05) is 25.0 Å². The number of hydrogen-bond donors (Lipinski definition) is 1. The maximum Gasteiger partial charge on any atom is 0.243 e. The first kappa shape index (κ1) is 23.7. The van der Waals surface area contributed by atoms with Crippen molar-refractivity contribution < 1.29 is 18.0 Å². The van der Waals surface area contributed by atoms with Crippen LogP contribution in [0.1, 0.15) is 37.8 Å². The summed E-state index contributed by atoms with van der Waals surface area (Å²) in [5, 5.41) is 3.58. The van der Waals surface area contributed by atoms with Crippen LogP contribution in [0.4, 0.5) is 5.69 Å². The van der Waals surface area contributed by atoms with Gasteiger partial charge in [-0.25, -0.2) is 8.42 Å². The molecule has 176 valence electrons. The van der Waals surface area contributed by atoms with E-state index in [1.807, 2.05) is 26.0 Å². The minimum Gasteiger partial charge on any atom is -0.352 e. The quantitative estimate of drug-likeness (QED) is 0.698. The highest BCUT2D eigenvalue weighted by Crippen LogP contribution is 2.42. The van der Waals surface area contributed by atoms with Gasteiger partial charge in [0.05, 0.1) is 10.3 Å². The summed E-state index contributed by atoms with van der Waals surface area (Å²) < 4.78 is 28.0. The lowest BCUT2D eigenvalue weighted by Crippen LogP contribution is -2.42. The van der Waals surface area contributed by atoms with Crippen LogP contribution < -0.4 is 10.2 Å². The molecule has 0 aliphatic carbocycles. The molecule has 2 aromatic rings. The number of sulfonamides is 1. The number of halogens is 1. The first-order chi connectivity index (χ1) is 15.5. The molecule has 2 aromatic carbocycles. The molecule has 4 rings (SSSR count). The summed E-state index contributed by atoms with van der Waals surface area (Å²) in [5.41, 5.74) is 1.63. The Bertz CT molecular complexity index is 1190. The van der Waals surface area contributed by atoms with Gasteiger partial charge in [-0.2, -0.15) is 4.31 Å². The van der Waals surface area contributed by atoms with Crippen LogP contribution >= 0.6 is 11.6 Å². The normalized spacial score (nSPS) is 18.9. The molecular weight excluding hydrogens is 462 g/mol. The fourth-order valence-electron chi connectivity index (χ4n) is 4.56. The molecule has 0 atom stereocenters. The topological polar surface area (TPSA) is 86.8 Å². The van der Waals surface area contributed by atoms with E-state index in [2.05, 4.69) is 5.32 Å². The second-order valence-electron chi connectivity index (χ2n) is 9.19. The maximum atomic E-state index is 13.3. The average molecular weight is 490 g/mol. The minimum absolute atomic E-state index is 0.0579. The molecule has 0 unspecified atom stereocenters. The zero-order chi connectivity index (χ0) is 24.0.